The highest BCUT2D eigenvalue weighted by Crippen LogP contribution is 2.30. The van der Waals surface area contributed by atoms with E-state index < -0.39 is 0 Å². The van der Waals surface area contributed by atoms with Gasteiger partial charge in [-0.3, -0.25) is 9.59 Å². The number of hydrogen-bond acceptors (Lipinski definition) is 5. The van der Waals surface area contributed by atoms with Gasteiger partial charge in [-0.15, -0.1) is 5.10 Å². The summed E-state index contributed by atoms with van der Waals surface area (Å²) in [6, 6.07) is 15.8. The van der Waals surface area contributed by atoms with Gasteiger partial charge in [0.05, 0.1) is 11.4 Å². The van der Waals surface area contributed by atoms with Gasteiger partial charge in [0, 0.05) is 31.4 Å². The number of fused-ring (bicyclic) bond motifs is 3. The predicted octanol–water partition coefficient (Wildman–Crippen LogP) is 4.15. The van der Waals surface area contributed by atoms with Crippen molar-refractivity contribution in [1.29, 1.82) is 0 Å². The molecule has 9 heteroatoms. The fourth-order valence-electron chi connectivity index (χ4n) is 4.41. The minimum absolute atomic E-state index is 0.123. The Hall–Kier alpha value is -3.46. The third-order valence-corrected chi connectivity index (χ3v) is 7.24. The van der Waals surface area contributed by atoms with Crippen LogP contribution >= 0.6 is 11.8 Å². The molecule has 3 aliphatic heterocycles. The number of thioether (sulfide) groups is 1. The number of rotatable bonds is 6. The van der Waals surface area contributed by atoms with E-state index >= 15 is 0 Å². The van der Waals surface area contributed by atoms with Crippen molar-refractivity contribution in [3.63, 3.8) is 0 Å². The fourth-order valence-corrected chi connectivity index (χ4v) is 5.40. The molecule has 0 aromatic heterocycles. The topological polar surface area (TPSA) is 73.0 Å². The SMILES string of the molecule is CN(Cc1ccccc1F)C(=O)CSc1nc2nn(-c3ccccc3)c(=O)c-2c2n1CCCCC2. The number of benzene rings is 2. The van der Waals surface area contributed by atoms with E-state index in [1.54, 1.807) is 25.2 Å². The normalized spacial score (nSPS) is 13.4. The first-order valence-electron chi connectivity index (χ1n) is 11.7. The molecule has 0 unspecified atom stereocenters. The molecule has 0 atom stereocenters. The molecule has 1 amide bonds. The van der Waals surface area contributed by atoms with E-state index in [1.807, 2.05) is 30.3 Å². The summed E-state index contributed by atoms with van der Waals surface area (Å²) in [6.07, 6.45) is 3.81. The van der Waals surface area contributed by atoms with E-state index in [0.717, 1.165) is 37.9 Å². The number of aromatic nitrogens is 4. The summed E-state index contributed by atoms with van der Waals surface area (Å²) in [5.74, 6) is 0.117. The standard InChI is InChI=1S/C26H26FN5O2S/c1-30(16-18-10-7-8-13-20(18)27)22(33)17-35-26-28-24-23(21-14-6-3-9-15-31(21)26)25(34)32(29-24)19-11-4-2-5-12-19/h2,4-5,7-8,10-13H,3,6,9,14-17H2,1H3. The van der Waals surface area contributed by atoms with Crippen molar-refractivity contribution in [3.05, 3.63) is 82.0 Å². The molecule has 0 bridgehead atoms. The first kappa shape index (κ1) is 23.3. The van der Waals surface area contributed by atoms with Crippen LogP contribution in [0.3, 0.4) is 0 Å². The van der Waals surface area contributed by atoms with Crippen LogP contribution in [-0.4, -0.2) is 42.9 Å². The minimum Gasteiger partial charge on any atom is -0.341 e. The number of nitrogens with zero attached hydrogens (tertiary/aromatic N) is 5. The molecular weight excluding hydrogens is 465 g/mol. The minimum atomic E-state index is -0.324. The lowest BCUT2D eigenvalue weighted by Crippen LogP contribution is -2.28. The molecule has 7 nitrogen and oxygen atoms in total. The Kier molecular flexibility index (Phi) is 6.68. The predicted molar refractivity (Wildman–Crippen MR) is 133 cm³/mol. The lowest BCUT2D eigenvalue weighted by molar-refractivity contribution is -0.127. The molecule has 0 aliphatic carbocycles. The Morgan fingerprint density at radius 1 is 1.09 bits per heavy atom. The molecule has 0 saturated heterocycles. The third kappa shape index (κ3) is 4.73. The van der Waals surface area contributed by atoms with Crippen molar-refractivity contribution >= 4 is 17.7 Å². The van der Waals surface area contributed by atoms with Crippen LogP contribution in [0.5, 0.6) is 0 Å². The van der Waals surface area contributed by atoms with Crippen LogP contribution in [0.25, 0.3) is 17.1 Å². The number of hydrogen-bond donors (Lipinski definition) is 0. The van der Waals surface area contributed by atoms with Gasteiger partial charge in [0.1, 0.15) is 11.4 Å². The Morgan fingerprint density at radius 2 is 1.86 bits per heavy atom. The van der Waals surface area contributed by atoms with Gasteiger partial charge in [-0.05, 0) is 37.5 Å². The zero-order valence-corrected chi connectivity index (χ0v) is 20.3. The second-order valence-electron chi connectivity index (χ2n) is 8.68. The smallest absolute Gasteiger partial charge is 0.284 e. The highest BCUT2D eigenvalue weighted by molar-refractivity contribution is 7.99. The van der Waals surface area contributed by atoms with Crippen LogP contribution in [-0.2, 0) is 24.3 Å². The zero-order chi connectivity index (χ0) is 24.4. The number of amides is 1. The van der Waals surface area contributed by atoms with Crippen LogP contribution in [0.4, 0.5) is 4.39 Å². The quantitative estimate of drug-likeness (QED) is 0.299. The highest BCUT2D eigenvalue weighted by atomic mass is 32.2. The van der Waals surface area contributed by atoms with Gasteiger partial charge in [-0.2, -0.15) is 4.68 Å². The summed E-state index contributed by atoms with van der Waals surface area (Å²) in [6.45, 7) is 0.945. The largest absolute Gasteiger partial charge is 0.341 e. The van der Waals surface area contributed by atoms with Gasteiger partial charge < -0.3 is 9.47 Å². The lowest BCUT2D eigenvalue weighted by atomic mass is 10.1. The summed E-state index contributed by atoms with van der Waals surface area (Å²) in [5, 5.41) is 5.22. The van der Waals surface area contributed by atoms with Gasteiger partial charge >= 0.3 is 0 Å². The average molecular weight is 492 g/mol. The Balaban J connectivity index is 1.44. The zero-order valence-electron chi connectivity index (χ0n) is 19.5. The van der Waals surface area contributed by atoms with Gasteiger partial charge in [0.25, 0.3) is 5.56 Å². The summed E-state index contributed by atoms with van der Waals surface area (Å²) >= 11 is 1.34. The molecule has 0 N–H and O–H groups in total. The molecule has 0 spiro atoms. The number of carbonyl (C=O) groups is 1. The first-order chi connectivity index (χ1) is 17.0. The lowest BCUT2D eigenvalue weighted by Gasteiger charge is -2.20. The summed E-state index contributed by atoms with van der Waals surface area (Å²) in [7, 11) is 1.67. The molecule has 35 heavy (non-hydrogen) atoms. The first-order valence-corrected chi connectivity index (χ1v) is 12.7. The maximum atomic E-state index is 14.0. The van der Waals surface area contributed by atoms with Crippen LogP contribution in [0, 0.1) is 5.82 Å². The van der Waals surface area contributed by atoms with E-state index in [2.05, 4.69) is 9.67 Å². The van der Waals surface area contributed by atoms with Crippen molar-refractivity contribution in [1.82, 2.24) is 24.2 Å². The summed E-state index contributed by atoms with van der Waals surface area (Å²) in [4.78, 5) is 32.4. The van der Waals surface area contributed by atoms with Gasteiger partial charge in [-0.1, -0.05) is 54.6 Å². The second-order valence-corrected chi connectivity index (χ2v) is 9.63. The Bertz CT molecular complexity index is 1380. The molecule has 3 aliphatic rings. The number of halogens is 1. The van der Waals surface area contributed by atoms with E-state index in [-0.39, 0.29) is 29.6 Å². The molecule has 180 valence electrons. The molecule has 2 aromatic carbocycles. The van der Waals surface area contributed by atoms with Crippen molar-refractivity contribution in [2.24, 2.45) is 0 Å². The van der Waals surface area contributed by atoms with Gasteiger partial charge in [-0.25, -0.2) is 9.37 Å². The highest BCUT2D eigenvalue weighted by Gasteiger charge is 2.27. The molecule has 5 rings (SSSR count). The number of carbonyl (C=O) groups excluding carboxylic acids is 1. The summed E-state index contributed by atoms with van der Waals surface area (Å²) < 4.78 is 17.5. The van der Waals surface area contributed by atoms with Crippen LogP contribution in [0.15, 0.2) is 64.5 Å². The maximum Gasteiger partial charge on any atom is 0.284 e. The van der Waals surface area contributed by atoms with Crippen LogP contribution < -0.4 is 5.56 Å². The van der Waals surface area contributed by atoms with Crippen molar-refractivity contribution in [2.75, 3.05) is 12.8 Å². The second kappa shape index (κ2) is 10.0. The van der Waals surface area contributed by atoms with E-state index in [1.165, 1.54) is 27.4 Å². The molecule has 0 radical (unpaired) electrons. The molecule has 2 aromatic rings. The van der Waals surface area contributed by atoms with E-state index in [4.69, 9.17) is 4.98 Å². The third-order valence-electron chi connectivity index (χ3n) is 6.28. The molecule has 0 saturated carbocycles. The fraction of sp³-hybridized carbons (Fsp3) is 0.308. The van der Waals surface area contributed by atoms with Gasteiger partial charge in [0.15, 0.2) is 11.0 Å². The van der Waals surface area contributed by atoms with Crippen molar-refractivity contribution in [2.45, 2.75) is 43.9 Å². The maximum absolute atomic E-state index is 14.0. The Labute approximate surface area is 206 Å². The van der Waals surface area contributed by atoms with Gasteiger partial charge in [0.2, 0.25) is 5.91 Å². The van der Waals surface area contributed by atoms with E-state index in [0.29, 0.717) is 27.8 Å². The monoisotopic (exact) mass is 491 g/mol. The molecule has 3 heterocycles. The van der Waals surface area contributed by atoms with Crippen molar-refractivity contribution in [3.8, 4) is 17.1 Å². The van der Waals surface area contributed by atoms with E-state index in [9.17, 15) is 14.0 Å². The molecular formula is C26H26FN5O2S. The van der Waals surface area contributed by atoms with Crippen molar-refractivity contribution < 1.29 is 9.18 Å². The number of para-hydroxylation sites is 1. The van der Waals surface area contributed by atoms with Crippen LogP contribution in [0.2, 0.25) is 0 Å². The summed E-state index contributed by atoms with van der Waals surface area (Å²) in [5.41, 5.74) is 2.51. The average Bonchev–Trinajstić information content (AvgIpc) is 3.03. The Morgan fingerprint density at radius 3 is 2.66 bits per heavy atom. The van der Waals surface area contributed by atoms with Crippen LogP contribution in [0.1, 0.15) is 30.5 Å². The molecule has 0 fully saturated rings.